The van der Waals surface area contributed by atoms with Gasteiger partial charge in [-0.3, -0.25) is 0 Å². The zero-order valence-corrected chi connectivity index (χ0v) is 5.53. The Morgan fingerprint density at radius 1 is 1.78 bits per heavy atom. The molecule has 0 aliphatic heterocycles. The van der Waals surface area contributed by atoms with Crippen molar-refractivity contribution in [1.29, 1.82) is 0 Å². The Kier molecular flexibility index (Phi) is 1.88. The molecule has 50 valence electrons. The van der Waals surface area contributed by atoms with Crippen LogP contribution in [-0.2, 0) is 0 Å². The van der Waals surface area contributed by atoms with Gasteiger partial charge >= 0.3 is 0 Å². The molecular weight excluding hydrogens is 141 g/mol. The first-order valence-electron chi connectivity index (χ1n) is 2.69. The molecule has 0 aromatic rings. The molecule has 0 bridgehead atoms. The zero-order chi connectivity index (χ0) is 6.85. The first-order chi connectivity index (χ1) is 4.20. The minimum Gasteiger partial charge on any atom is -0.324 e. The van der Waals surface area contributed by atoms with Crippen molar-refractivity contribution in [1.82, 2.24) is 0 Å². The summed E-state index contributed by atoms with van der Waals surface area (Å²) < 4.78 is 12.4. The van der Waals surface area contributed by atoms with E-state index in [4.69, 9.17) is 17.3 Å². The van der Waals surface area contributed by atoms with Crippen molar-refractivity contribution in [3.63, 3.8) is 0 Å². The molecule has 1 nitrogen and oxygen atoms in total. The average Bonchev–Trinajstić information content (AvgIpc) is 1.80. The van der Waals surface area contributed by atoms with Gasteiger partial charge in [0.05, 0.1) is 5.03 Å². The topological polar surface area (TPSA) is 26.0 Å². The summed E-state index contributed by atoms with van der Waals surface area (Å²) in [4.78, 5) is 0. The third-order valence-electron chi connectivity index (χ3n) is 1.16. The lowest BCUT2D eigenvalue weighted by atomic mass is 10.1. The second-order valence-electron chi connectivity index (χ2n) is 1.97. The highest BCUT2D eigenvalue weighted by Gasteiger charge is 2.09. The van der Waals surface area contributed by atoms with Crippen LogP contribution in [0.2, 0.25) is 0 Å². The molecule has 0 saturated heterocycles. The molecule has 0 fully saturated rings. The van der Waals surface area contributed by atoms with Crippen molar-refractivity contribution < 1.29 is 4.39 Å². The molecule has 0 amide bonds. The lowest BCUT2D eigenvalue weighted by Gasteiger charge is -2.08. The Morgan fingerprint density at radius 2 is 2.44 bits per heavy atom. The molecule has 1 atom stereocenters. The van der Waals surface area contributed by atoms with E-state index in [1.165, 1.54) is 12.2 Å². The number of hydrogen-bond donors (Lipinski definition) is 1. The van der Waals surface area contributed by atoms with Crippen LogP contribution in [0.15, 0.2) is 23.0 Å². The highest BCUT2D eigenvalue weighted by Crippen LogP contribution is 2.21. The van der Waals surface area contributed by atoms with Crippen molar-refractivity contribution in [3.8, 4) is 0 Å². The quantitative estimate of drug-likeness (QED) is 0.555. The molecule has 0 radical (unpaired) electrons. The summed E-state index contributed by atoms with van der Waals surface area (Å²) in [5.41, 5.74) is 5.42. The fourth-order valence-electron chi connectivity index (χ4n) is 0.673. The molecule has 0 spiro atoms. The van der Waals surface area contributed by atoms with E-state index in [1.54, 1.807) is 0 Å². The van der Waals surface area contributed by atoms with E-state index in [1.807, 2.05) is 0 Å². The van der Waals surface area contributed by atoms with Crippen LogP contribution in [0.1, 0.15) is 6.42 Å². The van der Waals surface area contributed by atoms with Crippen LogP contribution >= 0.6 is 11.6 Å². The lowest BCUT2D eigenvalue weighted by molar-refractivity contribution is 0.636. The summed E-state index contributed by atoms with van der Waals surface area (Å²) in [5.74, 6) is -0.363. The zero-order valence-electron chi connectivity index (χ0n) is 4.77. The average molecular weight is 148 g/mol. The van der Waals surface area contributed by atoms with Gasteiger partial charge in [-0.2, -0.15) is 0 Å². The Bertz CT molecular complexity index is 174. The van der Waals surface area contributed by atoms with E-state index in [-0.39, 0.29) is 16.9 Å². The van der Waals surface area contributed by atoms with E-state index in [0.717, 1.165) is 0 Å². The van der Waals surface area contributed by atoms with Crippen molar-refractivity contribution in [2.24, 2.45) is 5.73 Å². The van der Waals surface area contributed by atoms with Gasteiger partial charge < -0.3 is 5.73 Å². The van der Waals surface area contributed by atoms with E-state index in [0.29, 0.717) is 6.42 Å². The van der Waals surface area contributed by atoms with Crippen molar-refractivity contribution >= 4 is 11.6 Å². The second-order valence-corrected chi connectivity index (χ2v) is 2.37. The van der Waals surface area contributed by atoms with E-state index < -0.39 is 0 Å². The normalized spacial score (nSPS) is 27.2. The van der Waals surface area contributed by atoms with E-state index in [9.17, 15) is 4.39 Å². The van der Waals surface area contributed by atoms with Crippen LogP contribution in [0.4, 0.5) is 4.39 Å². The Hall–Kier alpha value is -0.340. The molecule has 2 N–H and O–H groups in total. The highest BCUT2D eigenvalue weighted by molar-refractivity contribution is 6.31. The van der Waals surface area contributed by atoms with Gasteiger partial charge in [0.2, 0.25) is 0 Å². The van der Waals surface area contributed by atoms with Gasteiger partial charge in [0.1, 0.15) is 5.83 Å². The van der Waals surface area contributed by atoms with Crippen LogP contribution < -0.4 is 5.73 Å². The Labute approximate surface area is 58.0 Å². The monoisotopic (exact) mass is 147 g/mol. The molecule has 1 unspecified atom stereocenters. The summed E-state index contributed by atoms with van der Waals surface area (Å²) in [6.07, 6.45) is 3.45. The SMILES string of the molecule is NC1C=C(Cl)C(F)=CC1. The fourth-order valence-corrected chi connectivity index (χ4v) is 0.912. The minimum atomic E-state index is -0.363. The van der Waals surface area contributed by atoms with Crippen LogP contribution in [0.25, 0.3) is 0 Å². The Morgan fingerprint density at radius 3 is 2.89 bits per heavy atom. The summed E-state index contributed by atoms with van der Waals surface area (Å²) in [7, 11) is 0. The first kappa shape index (κ1) is 6.78. The summed E-state index contributed by atoms with van der Waals surface area (Å²) in [6, 6.07) is -0.114. The predicted octanol–water partition coefficient (Wildman–Crippen LogP) is 1.69. The fraction of sp³-hybridized carbons (Fsp3) is 0.333. The number of rotatable bonds is 0. The number of nitrogens with two attached hydrogens (primary N) is 1. The molecule has 1 rings (SSSR count). The maximum Gasteiger partial charge on any atom is 0.137 e. The van der Waals surface area contributed by atoms with Crippen LogP contribution in [0.3, 0.4) is 0 Å². The largest absolute Gasteiger partial charge is 0.324 e. The number of hydrogen-bond acceptors (Lipinski definition) is 1. The second kappa shape index (κ2) is 2.50. The third-order valence-corrected chi connectivity index (χ3v) is 1.46. The molecule has 0 aromatic carbocycles. The summed E-state index contributed by atoms with van der Waals surface area (Å²) in [5, 5.41) is 0.133. The number of halogens is 2. The minimum absolute atomic E-state index is 0.114. The van der Waals surface area contributed by atoms with Crippen molar-refractivity contribution in [3.05, 3.63) is 23.0 Å². The van der Waals surface area contributed by atoms with Gasteiger partial charge in [-0.15, -0.1) is 0 Å². The molecule has 3 heteroatoms. The lowest BCUT2D eigenvalue weighted by Crippen LogP contribution is -2.18. The summed E-state index contributed by atoms with van der Waals surface area (Å²) in [6.45, 7) is 0. The molecule has 1 aliphatic rings. The van der Waals surface area contributed by atoms with Crippen molar-refractivity contribution in [2.45, 2.75) is 12.5 Å². The van der Waals surface area contributed by atoms with E-state index >= 15 is 0 Å². The highest BCUT2D eigenvalue weighted by atomic mass is 35.5. The van der Waals surface area contributed by atoms with Crippen LogP contribution in [0, 0.1) is 0 Å². The van der Waals surface area contributed by atoms with Gasteiger partial charge in [-0.05, 0) is 18.6 Å². The third kappa shape index (κ3) is 1.53. The number of allylic oxidation sites excluding steroid dienone is 2. The predicted molar refractivity (Wildman–Crippen MR) is 35.7 cm³/mol. The molecular formula is C6H7ClFN. The van der Waals surface area contributed by atoms with Crippen molar-refractivity contribution in [2.75, 3.05) is 0 Å². The molecule has 0 heterocycles. The Balaban J connectivity index is 2.75. The van der Waals surface area contributed by atoms with Crippen LogP contribution in [-0.4, -0.2) is 6.04 Å². The molecule has 0 saturated carbocycles. The molecule has 0 aromatic heterocycles. The smallest absolute Gasteiger partial charge is 0.137 e. The van der Waals surface area contributed by atoms with E-state index in [2.05, 4.69) is 0 Å². The maximum absolute atomic E-state index is 12.4. The molecule has 1 aliphatic carbocycles. The van der Waals surface area contributed by atoms with Gasteiger partial charge in [-0.25, -0.2) is 4.39 Å². The summed E-state index contributed by atoms with van der Waals surface area (Å²) >= 11 is 5.40. The molecule has 9 heavy (non-hydrogen) atoms. The van der Waals surface area contributed by atoms with Gasteiger partial charge in [0, 0.05) is 6.04 Å². The van der Waals surface area contributed by atoms with Gasteiger partial charge in [0.25, 0.3) is 0 Å². The van der Waals surface area contributed by atoms with Crippen LogP contribution in [0.5, 0.6) is 0 Å². The maximum atomic E-state index is 12.4. The van der Waals surface area contributed by atoms with Gasteiger partial charge in [-0.1, -0.05) is 11.6 Å². The standard InChI is InChI=1S/C6H7ClFN/c7-5-3-4(9)1-2-6(5)8/h2-4H,1,9H2. The first-order valence-corrected chi connectivity index (χ1v) is 3.07. The van der Waals surface area contributed by atoms with Gasteiger partial charge in [0.15, 0.2) is 0 Å².